The van der Waals surface area contributed by atoms with E-state index in [0.717, 1.165) is 41.5 Å². The Morgan fingerprint density at radius 2 is 1.89 bits per heavy atom. The van der Waals surface area contributed by atoms with Gasteiger partial charge in [-0.3, -0.25) is 0 Å². The molecule has 1 aromatic carbocycles. The van der Waals surface area contributed by atoms with Crippen molar-refractivity contribution in [1.29, 1.82) is 5.26 Å². The summed E-state index contributed by atoms with van der Waals surface area (Å²) in [6, 6.07) is 10.2. The Morgan fingerprint density at radius 1 is 1.18 bits per heavy atom. The summed E-state index contributed by atoms with van der Waals surface area (Å²) in [6.45, 7) is 10.4. The molecule has 0 amide bonds. The molecule has 0 unspecified atom stereocenters. The average Bonchev–Trinajstić information content (AvgIpc) is 3.15. The van der Waals surface area contributed by atoms with Crippen LogP contribution in [0.25, 0.3) is 16.9 Å². The summed E-state index contributed by atoms with van der Waals surface area (Å²) in [5, 5.41) is 10.1. The summed E-state index contributed by atoms with van der Waals surface area (Å²) in [5.74, 6) is 0.809. The molecule has 0 N–H and O–H groups in total. The standard InChI is InChI=1S/C21H21ClN4.C2H6/c1-14-3-6-25(7-4-14)17-5-8-26-13-20(24-21(26)10-17)18-11-19(22)15(2)9-16(18)12-23;1-2/h5,8-11,13-14H,3-4,6-7H2,1-2H3;1-2H3. The quantitative estimate of drug-likeness (QED) is 0.527. The molecule has 1 aliphatic heterocycles. The second-order valence-corrected chi connectivity index (χ2v) is 7.61. The Balaban J connectivity index is 0.00000109. The summed E-state index contributed by atoms with van der Waals surface area (Å²) in [7, 11) is 0. The zero-order valence-corrected chi connectivity index (χ0v) is 17.8. The normalized spacial score (nSPS) is 14.5. The van der Waals surface area contributed by atoms with Crippen molar-refractivity contribution in [1.82, 2.24) is 9.38 Å². The first-order valence-corrected chi connectivity index (χ1v) is 10.4. The number of benzene rings is 1. The molecule has 3 aromatic rings. The smallest absolute Gasteiger partial charge is 0.139 e. The topological polar surface area (TPSA) is 44.3 Å². The minimum Gasteiger partial charge on any atom is -0.371 e. The van der Waals surface area contributed by atoms with E-state index >= 15 is 0 Å². The molecule has 5 heteroatoms. The number of aryl methyl sites for hydroxylation is 1. The van der Waals surface area contributed by atoms with Gasteiger partial charge in [-0.2, -0.15) is 5.26 Å². The van der Waals surface area contributed by atoms with E-state index in [1.807, 2.05) is 49.7 Å². The fraction of sp³-hybridized carbons (Fsp3) is 0.391. The largest absolute Gasteiger partial charge is 0.371 e. The van der Waals surface area contributed by atoms with Gasteiger partial charge in [0.1, 0.15) is 5.65 Å². The number of fused-ring (bicyclic) bond motifs is 1. The van der Waals surface area contributed by atoms with Crippen molar-refractivity contribution in [3.63, 3.8) is 0 Å². The van der Waals surface area contributed by atoms with Crippen LogP contribution in [0.2, 0.25) is 5.02 Å². The second kappa shape index (κ2) is 8.67. The van der Waals surface area contributed by atoms with Crippen molar-refractivity contribution in [2.45, 2.75) is 40.5 Å². The van der Waals surface area contributed by atoms with Gasteiger partial charge in [0.05, 0.1) is 17.3 Å². The van der Waals surface area contributed by atoms with Gasteiger partial charge >= 0.3 is 0 Å². The van der Waals surface area contributed by atoms with E-state index in [1.54, 1.807) is 0 Å². The van der Waals surface area contributed by atoms with Crippen LogP contribution < -0.4 is 4.90 Å². The monoisotopic (exact) mass is 394 g/mol. The third-order valence-corrected chi connectivity index (χ3v) is 5.69. The van der Waals surface area contributed by atoms with Crippen molar-refractivity contribution in [2.75, 3.05) is 18.0 Å². The summed E-state index contributed by atoms with van der Waals surface area (Å²) in [4.78, 5) is 7.19. The lowest BCUT2D eigenvalue weighted by Crippen LogP contribution is -2.32. The number of nitriles is 1. The molecule has 0 aliphatic carbocycles. The average molecular weight is 395 g/mol. The lowest BCUT2D eigenvalue weighted by Gasteiger charge is -2.32. The molecule has 0 saturated carbocycles. The Kier molecular flexibility index (Phi) is 6.26. The summed E-state index contributed by atoms with van der Waals surface area (Å²) < 4.78 is 2.00. The molecular weight excluding hydrogens is 368 g/mol. The van der Waals surface area contributed by atoms with E-state index in [9.17, 15) is 5.26 Å². The van der Waals surface area contributed by atoms with Crippen LogP contribution in [0.3, 0.4) is 0 Å². The van der Waals surface area contributed by atoms with Gasteiger partial charge in [0.25, 0.3) is 0 Å². The zero-order chi connectivity index (χ0) is 20.3. The van der Waals surface area contributed by atoms with Crippen LogP contribution >= 0.6 is 11.6 Å². The minimum atomic E-state index is 0.598. The van der Waals surface area contributed by atoms with Crippen LogP contribution in [0.15, 0.2) is 36.7 Å². The molecule has 0 spiro atoms. The molecule has 1 fully saturated rings. The molecule has 4 nitrogen and oxygen atoms in total. The van der Waals surface area contributed by atoms with Crippen molar-refractivity contribution in [2.24, 2.45) is 5.92 Å². The lowest BCUT2D eigenvalue weighted by molar-refractivity contribution is 0.438. The number of hydrogen-bond donors (Lipinski definition) is 0. The van der Waals surface area contributed by atoms with Crippen molar-refractivity contribution < 1.29 is 0 Å². The summed E-state index contributed by atoms with van der Waals surface area (Å²) in [6.07, 6.45) is 6.47. The third-order valence-electron chi connectivity index (χ3n) is 5.29. The number of aromatic nitrogens is 2. The molecular formula is C23H27ClN4. The van der Waals surface area contributed by atoms with Crippen molar-refractivity contribution in [3.05, 3.63) is 52.8 Å². The number of hydrogen-bond acceptors (Lipinski definition) is 3. The maximum atomic E-state index is 9.47. The highest BCUT2D eigenvalue weighted by atomic mass is 35.5. The van der Waals surface area contributed by atoms with Gasteiger partial charge in [0.15, 0.2) is 0 Å². The fourth-order valence-corrected chi connectivity index (χ4v) is 3.71. The molecule has 28 heavy (non-hydrogen) atoms. The van der Waals surface area contributed by atoms with Crippen LogP contribution in [0.1, 0.15) is 44.7 Å². The van der Waals surface area contributed by atoms with Gasteiger partial charge in [-0.15, -0.1) is 0 Å². The molecule has 4 rings (SSSR count). The Morgan fingerprint density at radius 3 is 2.57 bits per heavy atom. The predicted molar refractivity (Wildman–Crippen MR) is 117 cm³/mol. The van der Waals surface area contributed by atoms with E-state index in [4.69, 9.17) is 16.6 Å². The van der Waals surface area contributed by atoms with Gasteiger partial charge in [0.2, 0.25) is 0 Å². The predicted octanol–water partition coefficient (Wildman–Crippen LogP) is 6.10. The highest BCUT2D eigenvalue weighted by molar-refractivity contribution is 6.31. The number of rotatable bonds is 2. The Bertz CT molecular complexity index is 1010. The number of halogens is 1. The van der Waals surface area contributed by atoms with E-state index < -0.39 is 0 Å². The number of nitrogens with zero attached hydrogens (tertiary/aromatic N) is 4. The first kappa shape index (κ1) is 20.2. The molecule has 146 valence electrons. The van der Waals surface area contributed by atoms with Crippen LogP contribution in [-0.2, 0) is 0 Å². The fourth-order valence-electron chi connectivity index (χ4n) is 3.55. The number of anilines is 1. The summed E-state index contributed by atoms with van der Waals surface area (Å²) >= 11 is 6.28. The van der Waals surface area contributed by atoms with E-state index in [0.29, 0.717) is 10.6 Å². The Hall–Kier alpha value is -2.51. The molecule has 1 aliphatic rings. The van der Waals surface area contributed by atoms with Crippen molar-refractivity contribution >= 4 is 22.9 Å². The molecule has 3 heterocycles. The molecule has 0 atom stereocenters. The maximum absolute atomic E-state index is 9.47. The summed E-state index contributed by atoms with van der Waals surface area (Å²) in [5.41, 5.74) is 5.15. The van der Waals surface area contributed by atoms with Gasteiger partial charge < -0.3 is 9.30 Å². The van der Waals surface area contributed by atoms with Crippen LogP contribution in [0.5, 0.6) is 0 Å². The van der Waals surface area contributed by atoms with Gasteiger partial charge in [-0.05, 0) is 49.4 Å². The first-order valence-electron chi connectivity index (χ1n) is 9.99. The lowest BCUT2D eigenvalue weighted by atomic mass is 9.99. The zero-order valence-electron chi connectivity index (χ0n) is 17.0. The number of imidazole rings is 1. The third kappa shape index (κ3) is 4.00. The van der Waals surface area contributed by atoms with Crippen LogP contribution in [-0.4, -0.2) is 22.5 Å². The number of pyridine rings is 1. The van der Waals surface area contributed by atoms with Crippen LogP contribution in [0, 0.1) is 24.2 Å². The SMILES string of the molecule is CC.Cc1cc(C#N)c(-c2cn3ccc(N4CCC(C)CC4)cc3n2)cc1Cl. The second-order valence-electron chi connectivity index (χ2n) is 7.20. The van der Waals surface area contributed by atoms with E-state index in [1.165, 1.54) is 18.5 Å². The van der Waals surface area contributed by atoms with Crippen LogP contribution in [0.4, 0.5) is 5.69 Å². The maximum Gasteiger partial charge on any atom is 0.139 e. The van der Waals surface area contributed by atoms with Gasteiger partial charge in [-0.25, -0.2) is 4.98 Å². The highest BCUT2D eigenvalue weighted by Gasteiger charge is 2.17. The molecule has 0 radical (unpaired) electrons. The van der Waals surface area contributed by atoms with Gasteiger partial charge in [0, 0.05) is 47.8 Å². The minimum absolute atomic E-state index is 0.598. The molecule has 0 bridgehead atoms. The first-order chi connectivity index (χ1) is 13.5. The molecule has 2 aromatic heterocycles. The van der Waals surface area contributed by atoms with Crippen molar-refractivity contribution in [3.8, 4) is 17.3 Å². The van der Waals surface area contributed by atoms with Gasteiger partial charge in [-0.1, -0.05) is 32.4 Å². The van der Waals surface area contributed by atoms with E-state index in [2.05, 4.69) is 30.0 Å². The highest BCUT2D eigenvalue weighted by Crippen LogP contribution is 2.30. The van der Waals surface area contributed by atoms with E-state index in [-0.39, 0.29) is 0 Å². The molecule has 1 saturated heterocycles. The number of piperidine rings is 1. The Labute approximate surface area is 172 Å².